The Morgan fingerprint density at radius 1 is 0.553 bits per heavy atom. The molecule has 0 radical (unpaired) electrons. The first-order valence-electron chi connectivity index (χ1n) is 14.8. The Kier molecular flexibility index (Phi) is 22.2. The minimum Gasteiger partial charge on any atom is -0.478 e. The lowest BCUT2D eigenvalue weighted by Gasteiger charge is -2.26. The second-order valence-electron chi connectivity index (χ2n) is 11.0. The predicted octanol–water partition coefficient (Wildman–Crippen LogP) is 6.80. The lowest BCUT2D eigenvalue weighted by Crippen LogP contribution is -2.19. The van der Waals surface area contributed by atoms with Crippen molar-refractivity contribution in [2.75, 3.05) is 13.2 Å². The Hall–Kier alpha value is -4.80. The summed E-state index contributed by atoms with van der Waals surface area (Å²) in [6.07, 6.45) is 3.83. The number of carboxylic acids is 2. The summed E-state index contributed by atoms with van der Waals surface area (Å²) in [6.45, 7) is 24.3. The highest BCUT2D eigenvalue weighted by molar-refractivity contribution is 5.89. The fourth-order valence-electron chi connectivity index (χ4n) is 3.01. The van der Waals surface area contributed by atoms with Gasteiger partial charge in [-0.05, 0) is 75.9 Å². The molecule has 0 amide bonds. The SMILES string of the molecule is C=C(C)C(=O)O.C=C(C)C(=O)O.C=C(C)C(=O)Oc1ccc(C(C)(C)c2ccc(OC(=O)C(=C)C)cc2)cc1.OCCCCCCO. The third kappa shape index (κ3) is 20.0. The van der Waals surface area contributed by atoms with Gasteiger partial charge in [0.25, 0.3) is 0 Å². The summed E-state index contributed by atoms with van der Waals surface area (Å²) in [5.74, 6) is -1.80. The van der Waals surface area contributed by atoms with Crippen LogP contribution in [0.15, 0.2) is 97.1 Å². The number of unbranched alkanes of at least 4 members (excludes halogenated alkanes) is 3. The minimum absolute atomic E-state index is 0.176. The number of benzene rings is 2. The fourth-order valence-corrected chi connectivity index (χ4v) is 3.01. The number of hydrogen-bond acceptors (Lipinski definition) is 8. The molecule has 258 valence electrons. The summed E-state index contributed by atoms with van der Waals surface area (Å²) < 4.78 is 10.5. The van der Waals surface area contributed by atoms with Gasteiger partial charge in [-0.2, -0.15) is 0 Å². The maximum absolute atomic E-state index is 11.6. The normalized spacial score (nSPS) is 9.79. The molecule has 0 saturated carbocycles. The van der Waals surface area contributed by atoms with Crippen molar-refractivity contribution in [3.05, 3.63) is 108 Å². The molecule has 10 nitrogen and oxygen atoms in total. The van der Waals surface area contributed by atoms with Gasteiger partial charge in [-0.1, -0.05) is 77.3 Å². The van der Waals surface area contributed by atoms with Crippen LogP contribution in [0.25, 0.3) is 0 Å². The van der Waals surface area contributed by atoms with Gasteiger partial charge in [0.15, 0.2) is 0 Å². The van der Waals surface area contributed by atoms with Gasteiger partial charge < -0.3 is 29.9 Å². The Bertz CT molecular complexity index is 1220. The molecule has 0 unspecified atom stereocenters. The summed E-state index contributed by atoms with van der Waals surface area (Å²) in [5, 5.41) is 32.4. The molecule has 47 heavy (non-hydrogen) atoms. The second kappa shape index (κ2) is 23.5. The molecule has 4 N–H and O–H groups in total. The predicted molar refractivity (Wildman–Crippen MR) is 183 cm³/mol. The van der Waals surface area contributed by atoms with Crippen LogP contribution in [-0.2, 0) is 24.6 Å². The Morgan fingerprint density at radius 2 is 0.809 bits per heavy atom. The first kappa shape index (κ1) is 44.3. The second-order valence-corrected chi connectivity index (χ2v) is 11.0. The number of carbonyl (C=O) groups is 4. The molecular formula is C37H50O10. The van der Waals surface area contributed by atoms with Crippen LogP contribution in [0.1, 0.15) is 78.4 Å². The van der Waals surface area contributed by atoms with E-state index in [2.05, 4.69) is 40.2 Å². The van der Waals surface area contributed by atoms with E-state index in [1.165, 1.54) is 13.8 Å². The number of esters is 2. The van der Waals surface area contributed by atoms with E-state index >= 15 is 0 Å². The van der Waals surface area contributed by atoms with Gasteiger partial charge in [0, 0.05) is 40.9 Å². The molecule has 0 bridgehead atoms. The van der Waals surface area contributed by atoms with Crippen LogP contribution in [-0.4, -0.2) is 57.5 Å². The minimum atomic E-state index is -0.935. The quantitative estimate of drug-likeness (QED) is 0.0780. The van der Waals surface area contributed by atoms with Crippen LogP contribution in [0.2, 0.25) is 0 Å². The van der Waals surface area contributed by atoms with E-state index in [-0.39, 0.29) is 29.8 Å². The van der Waals surface area contributed by atoms with E-state index in [1.54, 1.807) is 38.1 Å². The molecule has 2 rings (SSSR count). The van der Waals surface area contributed by atoms with Crippen LogP contribution in [0.3, 0.4) is 0 Å². The van der Waals surface area contributed by atoms with E-state index < -0.39 is 23.9 Å². The van der Waals surface area contributed by atoms with Crippen LogP contribution >= 0.6 is 0 Å². The fraction of sp³-hybridized carbons (Fsp3) is 0.351. The number of carbonyl (C=O) groups excluding carboxylic acids is 2. The number of aliphatic hydroxyl groups is 2. The van der Waals surface area contributed by atoms with Crippen molar-refractivity contribution < 1.29 is 49.1 Å². The van der Waals surface area contributed by atoms with Crippen molar-refractivity contribution in [2.45, 2.75) is 72.6 Å². The van der Waals surface area contributed by atoms with Crippen molar-refractivity contribution in [3.8, 4) is 11.5 Å². The molecule has 0 aliphatic heterocycles. The Balaban J connectivity index is 0. The molecule has 0 heterocycles. The highest BCUT2D eigenvalue weighted by Crippen LogP contribution is 2.33. The number of rotatable bonds is 13. The van der Waals surface area contributed by atoms with Crippen LogP contribution in [0, 0.1) is 0 Å². The molecule has 10 heteroatoms. The van der Waals surface area contributed by atoms with Gasteiger partial charge in [-0.15, -0.1) is 0 Å². The number of hydrogen-bond donors (Lipinski definition) is 4. The zero-order valence-electron chi connectivity index (χ0n) is 28.4. The molecule has 0 aliphatic rings. The van der Waals surface area contributed by atoms with Gasteiger partial charge in [0.1, 0.15) is 11.5 Å². The van der Waals surface area contributed by atoms with Crippen molar-refractivity contribution in [3.63, 3.8) is 0 Å². The maximum atomic E-state index is 11.6. The summed E-state index contributed by atoms with van der Waals surface area (Å²) >= 11 is 0. The van der Waals surface area contributed by atoms with E-state index in [4.69, 9.17) is 29.9 Å². The molecule has 2 aromatic rings. The van der Waals surface area contributed by atoms with Gasteiger partial charge in [-0.3, -0.25) is 0 Å². The number of carboxylic acid groups (broad SMARTS) is 2. The molecule has 0 spiro atoms. The van der Waals surface area contributed by atoms with Crippen LogP contribution in [0.4, 0.5) is 0 Å². The highest BCUT2D eigenvalue weighted by Gasteiger charge is 2.23. The van der Waals surface area contributed by atoms with E-state index in [1.807, 2.05) is 24.3 Å². The van der Waals surface area contributed by atoms with Crippen LogP contribution in [0.5, 0.6) is 11.5 Å². The largest absolute Gasteiger partial charge is 0.478 e. The topological polar surface area (TPSA) is 168 Å². The summed E-state index contributed by atoms with van der Waals surface area (Å²) in [7, 11) is 0. The summed E-state index contributed by atoms with van der Waals surface area (Å²) in [5.41, 5.74) is 2.89. The molecule has 0 saturated heterocycles. The highest BCUT2D eigenvalue weighted by atomic mass is 16.5. The number of aliphatic hydroxyl groups excluding tert-OH is 2. The molecule has 0 aromatic heterocycles. The number of aliphatic carboxylic acids is 2. The standard InChI is InChI=1S/C23H24O4.C6H14O2.2C4H6O2/c1-15(2)21(24)26-19-11-7-17(8-12-19)23(5,6)18-9-13-20(14-10-18)27-22(25)16(3)4;7-5-3-1-2-4-6-8;2*1-3(2)4(5)6/h7-14H,1,3H2,2,4-6H3;7-8H,1-6H2;2*1H2,2H3,(H,5,6). The molecule has 0 fully saturated rings. The summed E-state index contributed by atoms with van der Waals surface area (Å²) in [4.78, 5) is 42.4. The van der Waals surface area contributed by atoms with Crippen molar-refractivity contribution >= 4 is 23.9 Å². The lowest BCUT2D eigenvalue weighted by molar-refractivity contribution is -0.133. The van der Waals surface area contributed by atoms with Gasteiger partial charge in [0.2, 0.25) is 0 Å². The van der Waals surface area contributed by atoms with Gasteiger partial charge in [0.05, 0.1) is 0 Å². The average Bonchev–Trinajstić information content (AvgIpc) is 3.00. The van der Waals surface area contributed by atoms with Crippen molar-refractivity contribution in [1.29, 1.82) is 0 Å². The van der Waals surface area contributed by atoms with Crippen molar-refractivity contribution in [2.24, 2.45) is 0 Å². The maximum Gasteiger partial charge on any atom is 0.338 e. The first-order valence-corrected chi connectivity index (χ1v) is 14.8. The third-order valence-electron chi connectivity index (χ3n) is 6.07. The average molecular weight is 655 g/mol. The van der Waals surface area contributed by atoms with Gasteiger partial charge in [-0.25, -0.2) is 19.2 Å². The molecule has 0 aliphatic carbocycles. The first-order chi connectivity index (χ1) is 21.8. The zero-order chi connectivity index (χ0) is 36.7. The van der Waals surface area contributed by atoms with E-state index in [0.29, 0.717) is 22.6 Å². The van der Waals surface area contributed by atoms with E-state index in [0.717, 1.165) is 36.8 Å². The lowest BCUT2D eigenvalue weighted by atomic mass is 9.78. The molecular weight excluding hydrogens is 604 g/mol. The Labute approximate surface area is 278 Å². The molecule has 2 aromatic carbocycles. The van der Waals surface area contributed by atoms with Crippen LogP contribution < -0.4 is 9.47 Å². The Morgan fingerprint density at radius 3 is 1.00 bits per heavy atom. The smallest absolute Gasteiger partial charge is 0.338 e. The number of ether oxygens (including phenoxy) is 2. The molecule has 0 atom stereocenters. The monoisotopic (exact) mass is 654 g/mol. The summed E-state index contributed by atoms with van der Waals surface area (Å²) in [6, 6.07) is 14.8. The van der Waals surface area contributed by atoms with E-state index in [9.17, 15) is 19.2 Å². The third-order valence-corrected chi connectivity index (χ3v) is 6.07. The zero-order valence-corrected chi connectivity index (χ0v) is 28.4. The van der Waals surface area contributed by atoms with Crippen molar-refractivity contribution in [1.82, 2.24) is 0 Å². The van der Waals surface area contributed by atoms with Gasteiger partial charge >= 0.3 is 23.9 Å².